The molecule has 0 aliphatic carbocycles. The van der Waals surface area contributed by atoms with Gasteiger partial charge < -0.3 is 14.2 Å². The summed E-state index contributed by atoms with van der Waals surface area (Å²) in [6.07, 6.45) is 3.79. The molecular formula is C23H25N3O3. The first-order valence-electron chi connectivity index (χ1n) is 10.1. The lowest BCUT2D eigenvalue weighted by Gasteiger charge is -2.16. The van der Waals surface area contributed by atoms with Crippen LogP contribution in [0.5, 0.6) is 5.75 Å². The minimum atomic E-state index is -0.113. The van der Waals surface area contributed by atoms with Crippen LogP contribution in [0, 0.1) is 0 Å². The molecule has 1 fully saturated rings. The quantitative estimate of drug-likeness (QED) is 0.588. The molecule has 1 aliphatic rings. The Morgan fingerprint density at radius 3 is 2.72 bits per heavy atom. The maximum atomic E-state index is 12.6. The van der Waals surface area contributed by atoms with Crippen molar-refractivity contribution in [2.75, 3.05) is 18.6 Å². The second kappa shape index (κ2) is 8.47. The molecule has 1 aliphatic heterocycles. The molecule has 1 amide bonds. The Hall–Kier alpha value is -3.15. The van der Waals surface area contributed by atoms with Crippen LogP contribution >= 0.6 is 0 Å². The van der Waals surface area contributed by atoms with Crippen molar-refractivity contribution in [3.8, 4) is 17.1 Å². The van der Waals surface area contributed by atoms with E-state index in [1.54, 1.807) is 12.0 Å². The average molecular weight is 391 g/mol. The van der Waals surface area contributed by atoms with Gasteiger partial charge in [-0.2, -0.15) is 4.98 Å². The van der Waals surface area contributed by atoms with Gasteiger partial charge in [0.15, 0.2) is 0 Å². The van der Waals surface area contributed by atoms with Crippen LogP contribution in [-0.4, -0.2) is 29.7 Å². The molecule has 0 radical (unpaired) electrons. The highest BCUT2D eigenvalue weighted by Crippen LogP contribution is 2.33. The summed E-state index contributed by atoms with van der Waals surface area (Å²) in [5, 5.41) is 4.11. The summed E-state index contributed by atoms with van der Waals surface area (Å²) >= 11 is 0. The van der Waals surface area contributed by atoms with E-state index >= 15 is 0 Å². The summed E-state index contributed by atoms with van der Waals surface area (Å²) in [7, 11) is 1.61. The molecule has 2 heterocycles. The largest absolute Gasteiger partial charge is 0.496 e. The maximum absolute atomic E-state index is 12.6. The lowest BCUT2D eigenvalue weighted by molar-refractivity contribution is -0.117. The standard InChI is InChI=1S/C23H25N3O3/c1-3-4-7-16-10-12-18(13-11-16)26-15-17(14-21(26)27)23-24-22(25-29-23)19-8-5-6-9-20(19)28-2/h5-6,8-13,17H,3-4,7,14-15H2,1-2H3. The molecule has 6 heteroatoms. The number of nitrogens with zero attached hydrogens (tertiary/aromatic N) is 3. The monoisotopic (exact) mass is 391 g/mol. The Morgan fingerprint density at radius 1 is 1.17 bits per heavy atom. The fourth-order valence-electron chi connectivity index (χ4n) is 3.69. The van der Waals surface area contributed by atoms with E-state index in [2.05, 4.69) is 29.2 Å². The van der Waals surface area contributed by atoms with Crippen LogP contribution in [0.4, 0.5) is 5.69 Å². The Bertz CT molecular complexity index is 981. The number of amides is 1. The predicted molar refractivity (Wildman–Crippen MR) is 111 cm³/mol. The minimum absolute atomic E-state index is 0.0772. The molecule has 0 bridgehead atoms. The predicted octanol–water partition coefficient (Wildman–Crippen LogP) is 4.61. The third kappa shape index (κ3) is 4.01. The number of aryl methyl sites for hydroxylation is 1. The number of hydrogen-bond acceptors (Lipinski definition) is 5. The molecule has 6 nitrogen and oxygen atoms in total. The van der Waals surface area contributed by atoms with Crippen molar-refractivity contribution >= 4 is 11.6 Å². The number of carbonyl (C=O) groups excluding carboxylic acids is 1. The Kier molecular flexibility index (Phi) is 5.60. The van der Waals surface area contributed by atoms with Crippen LogP contribution in [-0.2, 0) is 11.2 Å². The molecule has 1 aromatic heterocycles. The van der Waals surface area contributed by atoms with Gasteiger partial charge in [0, 0.05) is 18.7 Å². The number of para-hydroxylation sites is 1. The van der Waals surface area contributed by atoms with E-state index in [1.165, 1.54) is 18.4 Å². The van der Waals surface area contributed by atoms with Crippen molar-refractivity contribution in [2.24, 2.45) is 0 Å². The summed E-state index contributed by atoms with van der Waals surface area (Å²) < 4.78 is 10.9. The third-order valence-electron chi connectivity index (χ3n) is 5.33. The molecule has 0 saturated carbocycles. The molecular weight excluding hydrogens is 366 g/mol. The Balaban J connectivity index is 1.49. The first-order valence-corrected chi connectivity index (χ1v) is 10.1. The van der Waals surface area contributed by atoms with Crippen LogP contribution in [0.15, 0.2) is 53.1 Å². The number of methoxy groups -OCH3 is 1. The fourth-order valence-corrected chi connectivity index (χ4v) is 3.69. The highest BCUT2D eigenvalue weighted by atomic mass is 16.5. The first kappa shape index (κ1) is 19.2. The van der Waals surface area contributed by atoms with Crippen molar-refractivity contribution in [2.45, 2.75) is 38.5 Å². The highest BCUT2D eigenvalue weighted by molar-refractivity contribution is 5.96. The molecule has 1 atom stereocenters. The second-order valence-electron chi connectivity index (χ2n) is 7.33. The topological polar surface area (TPSA) is 68.5 Å². The Labute approximate surface area is 170 Å². The maximum Gasteiger partial charge on any atom is 0.232 e. The van der Waals surface area contributed by atoms with Crippen LogP contribution < -0.4 is 9.64 Å². The van der Waals surface area contributed by atoms with Gasteiger partial charge in [0.05, 0.1) is 18.6 Å². The highest BCUT2D eigenvalue weighted by Gasteiger charge is 2.35. The van der Waals surface area contributed by atoms with Gasteiger partial charge >= 0.3 is 0 Å². The zero-order valence-corrected chi connectivity index (χ0v) is 16.8. The summed E-state index contributed by atoms with van der Waals surface area (Å²) in [6.45, 7) is 2.73. The lowest BCUT2D eigenvalue weighted by atomic mass is 10.1. The Morgan fingerprint density at radius 2 is 1.97 bits per heavy atom. The SMILES string of the molecule is CCCCc1ccc(N2CC(c3nc(-c4ccccc4OC)no3)CC2=O)cc1. The van der Waals surface area contributed by atoms with Crippen molar-refractivity contribution in [1.82, 2.24) is 10.1 Å². The number of ether oxygens (including phenoxy) is 1. The van der Waals surface area contributed by atoms with Gasteiger partial charge in [-0.15, -0.1) is 0 Å². The minimum Gasteiger partial charge on any atom is -0.496 e. The van der Waals surface area contributed by atoms with Gasteiger partial charge in [-0.1, -0.05) is 42.8 Å². The van der Waals surface area contributed by atoms with Gasteiger partial charge in [-0.05, 0) is 42.7 Å². The lowest BCUT2D eigenvalue weighted by Crippen LogP contribution is -2.24. The molecule has 150 valence electrons. The van der Waals surface area contributed by atoms with Gasteiger partial charge in [0.2, 0.25) is 17.6 Å². The molecule has 29 heavy (non-hydrogen) atoms. The summed E-state index contributed by atoms with van der Waals surface area (Å²) in [5.41, 5.74) is 2.99. The van der Waals surface area contributed by atoms with Crippen LogP contribution in [0.25, 0.3) is 11.4 Å². The number of anilines is 1. The number of benzene rings is 2. The zero-order valence-electron chi connectivity index (χ0n) is 16.8. The molecule has 0 spiro atoms. The molecule has 2 aromatic carbocycles. The fraction of sp³-hybridized carbons (Fsp3) is 0.348. The van der Waals surface area contributed by atoms with Crippen molar-refractivity contribution in [3.05, 3.63) is 60.0 Å². The summed E-state index contributed by atoms with van der Waals surface area (Å²) in [6, 6.07) is 15.8. The van der Waals surface area contributed by atoms with E-state index in [-0.39, 0.29) is 11.8 Å². The van der Waals surface area contributed by atoms with Crippen LogP contribution in [0.3, 0.4) is 0 Å². The normalized spacial score (nSPS) is 16.4. The number of hydrogen-bond donors (Lipinski definition) is 0. The molecule has 0 N–H and O–H groups in total. The first-order chi connectivity index (χ1) is 14.2. The van der Waals surface area contributed by atoms with E-state index in [4.69, 9.17) is 9.26 Å². The van der Waals surface area contributed by atoms with E-state index in [0.717, 1.165) is 17.7 Å². The van der Waals surface area contributed by atoms with Gasteiger partial charge in [0.1, 0.15) is 5.75 Å². The molecule has 1 saturated heterocycles. The van der Waals surface area contributed by atoms with Crippen molar-refractivity contribution in [3.63, 3.8) is 0 Å². The number of aromatic nitrogens is 2. The smallest absolute Gasteiger partial charge is 0.232 e. The van der Waals surface area contributed by atoms with E-state index < -0.39 is 0 Å². The van der Waals surface area contributed by atoms with Crippen molar-refractivity contribution in [1.29, 1.82) is 0 Å². The number of rotatable bonds is 7. The average Bonchev–Trinajstić information content (AvgIpc) is 3.39. The number of carbonyl (C=O) groups is 1. The summed E-state index contributed by atoms with van der Waals surface area (Å²) in [5.74, 6) is 1.61. The van der Waals surface area contributed by atoms with Gasteiger partial charge in [0.25, 0.3) is 0 Å². The van der Waals surface area contributed by atoms with E-state index in [9.17, 15) is 4.79 Å². The second-order valence-corrected chi connectivity index (χ2v) is 7.33. The zero-order chi connectivity index (χ0) is 20.2. The van der Waals surface area contributed by atoms with E-state index in [1.807, 2.05) is 36.4 Å². The number of unbranched alkanes of at least 4 members (excludes halogenated alkanes) is 1. The molecule has 4 rings (SSSR count). The van der Waals surface area contributed by atoms with Gasteiger partial charge in [-0.3, -0.25) is 4.79 Å². The van der Waals surface area contributed by atoms with E-state index in [0.29, 0.717) is 30.4 Å². The van der Waals surface area contributed by atoms with Crippen molar-refractivity contribution < 1.29 is 14.1 Å². The summed E-state index contributed by atoms with van der Waals surface area (Å²) in [4.78, 5) is 19.0. The van der Waals surface area contributed by atoms with Crippen LogP contribution in [0.1, 0.15) is 43.6 Å². The third-order valence-corrected chi connectivity index (χ3v) is 5.33. The van der Waals surface area contributed by atoms with Crippen LogP contribution in [0.2, 0.25) is 0 Å². The molecule has 1 unspecified atom stereocenters. The molecule has 3 aromatic rings. The van der Waals surface area contributed by atoms with Gasteiger partial charge in [-0.25, -0.2) is 0 Å².